The Hall–Kier alpha value is -15.5. The van der Waals surface area contributed by atoms with Crippen molar-refractivity contribution in [3.63, 3.8) is 0 Å². The third kappa shape index (κ3) is 28.5. The number of nitrogens with zero attached hydrogens (tertiary/aromatic N) is 10. The van der Waals surface area contributed by atoms with Crippen LogP contribution in [0.15, 0.2) is 402 Å². The predicted octanol–water partition coefficient (Wildman–Crippen LogP) is 38.5. The van der Waals surface area contributed by atoms with Gasteiger partial charge in [0, 0.05) is 84.5 Å². The Morgan fingerprint density at radius 1 is 0.233 bits per heavy atom. The first-order chi connectivity index (χ1) is 72.2. The van der Waals surface area contributed by atoms with Gasteiger partial charge < -0.3 is 9.47 Å². The first-order valence-corrected chi connectivity index (χ1v) is 53.8. The van der Waals surface area contributed by atoms with Crippen LogP contribution in [0.1, 0.15) is 278 Å². The van der Waals surface area contributed by atoms with Crippen molar-refractivity contribution in [1.29, 1.82) is 0 Å². The second kappa shape index (κ2) is 52.4. The molecule has 0 fully saturated rings. The number of hydrogen-bond acceptors (Lipinski definition) is 7. The maximum atomic E-state index is 4.50. The Bertz CT molecular complexity index is 7400. The summed E-state index contributed by atoms with van der Waals surface area (Å²) in [5, 5.41) is 12.4. The van der Waals surface area contributed by atoms with Crippen molar-refractivity contribution in [3.8, 4) is 50.4 Å². The van der Waals surface area contributed by atoms with E-state index in [1.165, 1.54) is 183 Å². The smallest absolute Gasteiger partial charge is 0.115 e. The number of benzene rings is 15. The van der Waals surface area contributed by atoms with Gasteiger partial charge in [0.15, 0.2) is 0 Å². The molecule has 0 unspecified atom stereocenters. The highest BCUT2D eigenvalue weighted by molar-refractivity contribution is 5.87. The van der Waals surface area contributed by atoms with E-state index in [1.54, 1.807) is 12.5 Å². The topological polar surface area (TPSA) is 95.4 Å². The Balaban J connectivity index is 0.000000133. The zero-order valence-electron chi connectivity index (χ0n) is 93.2. The number of aryl methyl sites for hydroxylation is 7. The van der Waals surface area contributed by atoms with Crippen molar-refractivity contribution in [2.45, 2.75) is 239 Å². The molecule has 0 saturated heterocycles. The average Bonchev–Trinajstić information content (AvgIpc) is 1.69. The van der Waals surface area contributed by atoms with Crippen LogP contribution >= 0.6 is 0 Å². The summed E-state index contributed by atoms with van der Waals surface area (Å²) in [6.07, 6.45) is 18.6. The van der Waals surface area contributed by atoms with Crippen LogP contribution in [0.2, 0.25) is 0 Å². The van der Waals surface area contributed by atoms with Gasteiger partial charge in [0.05, 0.1) is 34.0 Å². The molecule has 0 N–H and O–H groups in total. The number of hydrogen-bond donors (Lipinski definition) is 0. The standard InChI is InChI=1S/C18H21N.C18H19N.2C17H18N2.2C15H17N.C14H16N2.2C13H14/c1-13(2)18-9-8-17(10-14(18)3)19-11-15-6-4-5-7-16(15)12-19;1-13(2)17-9-8-16(12-14(17)3)19-11-10-15-6-4-5-7-18(15)19;1-12(2)15-9-8-14(10-13(15)3)19-11-18-16-6-4-5-7-17(16)19;1-12(2)16-9-8-15(10-13(16)3)19-17-7-5-4-6-14(17)11-18-19;1-11(2)15-5-4-14(10-12(15)3)13-6-8-16-9-7-13;1-11(2)15-7-6-13(9-12(15)3)14-5-4-8-16-10-14;1-10(2)14-5-4-12(6-11(14)3)13-7-15-9-16-8-13;1-10(2)12-9-5-7-11-6-3-4-8-13(11)12;1-10(2)12-8-7-11-5-3-4-6-13(11)9-12/h4-10,13H,11-12H2,1-3H3;4-13H,1-3H3;2*4-12H,1-3H3;2*4-11H,1-3H3;4-10H,1-3H3;2*3-10H,1-2H3. The number of rotatable bonds is 16. The van der Waals surface area contributed by atoms with E-state index in [4.69, 9.17) is 0 Å². The average molecular weight is 1980 g/mol. The molecular formula is C140H154N10. The normalized spacial score (nSPS) is 11.4. The second-order valence-corrected chi connectivity index (χ2v) is 42.6. The Kier molecular flexibility index (Phi) is 38.5. The van der Waals surface area contributed by atoms with Crippen LogP contribution in [-0.4, -0.2) is 43.8 Å². The van der Waals surface area contributed by atoms with Crippen molar-refractivity contribution in [3.05, 3.63) is 502 Å². The summed E-state index contributed by atoms with van der Waals surface area (Å²) in [5.41, 5.74) is 41.9. The molecule has 7 heterocycles. The molecule has 15 aromatic carbocycles. The summed E-state index contributed by atoms with van der Waals surface area (Å²) in [6, 6.07) is 121. The second-order valence-electron chi connectivity index (χ2n) is 42.6. The molecule has 1 aliphatic rings. The monoisotopic (exact) mass is 1980 g/mol. The maximum Gasteiger partial charge on any atom is 0.115 e. The third-order valence-corrected chi connectivity index (χ3v) is 28.5. The first kappa shape index (κ1) is 110. The van der Waals surface area contributed by atoms with E-state index in [2.05, 4.69) is 527 Å². The molecule has 1 aliphatic heterocycles. The highest BCUT2D eigenvalue weighted by Crippen LogP contribution is 2.37. The summed E-state index contributed by atoms with van der Waals surface area (Å²) in [5.74, 6) is 5.27. The van der Waals surface area contributed by atoms with Crippen LogP contribution in [0.5, 0.6) is 0 Å². The van der Waals surface area contributed by atoms with Crippen molar-refractivity contribution in [2.24, 2.45) is 0 Å². The van der Waals surface area contributed by atoms with Gasteiger partial charge in [-0.15, -0.1) is 0 Å². The Labute approximate surface area is 894 Å². The lowest BCUT2D eigenvalue weighted by molar-refractivity contribution is 0.847. The van der Waals surface area contributed by atoms with E-state index < -0.39 is 0 Å². The summed E-state index contributed by atoms with van der Waals surface area (Å²) in [6.45, 7) is 57.6. The molecule has 22 rings (SSSR count). The molecule has 0 atom stereocenters. The van der Waals surface area contributed by atoms with E-state index in [-0.39, 0.29) is 0 Å². The minimum Gasteiger partial charge on any atom is -0.363 e. The molecule has 0 saturated carbocycles. The molecule has 21 aromatic rings. The summed E-state index contributed by atoms with van der Waals surface area (Å²) >= 11 is 0. The Morgan fingerprint density at radius 2 is 0.640 bits per heavy atom. The van der Waals surface area contributed by atoms with Crippen LogP contribution in [0.3, 0.4) is 0 Å². The van der Waals surface area contributed by atoms with Crippen molar-refractivity contribution >= 4 is 60.1 Å². The predicted molar refractivity (Wildman–Crippen MR) is 643 cm³/mol. The molecule has 0 amide bonds. The third-order valence-electron chi connectivity index (χ3n) is 28.5. The summed E-state index contributed by atoms with van der Waals surface area (Å²) < 4.78 is 6.41. The fraction of sp³-hybridized carbons (Fsp3) is 0.257. The van der Waals surface area contributed by atoms with Gasteiger partial charge in [-0.05, 0) is 354 Å². The maximum absolute atomic E-state index is 4.50. The minimum absolute atomic E-state index is 0.559. The zero-order valence-corrected chi connectivity index (χ0v) is 93.2. The highest BCUT2D eigenvalue weighted by atomic mass is 15.3. The van der Waals surface area contributed by atoms with Gasteiger partial charge in [-0.3, -0.25) is 14.5 Å². The van der Waals surface area contributed by atoms with Gasteiger partial charge in [-0.1, -0.05) is 367 Å². The fourth-order valence-corrected chi connectivity index (χ4v) is 20.4. The molecule has 0 spiro atoms. The largest absolute Gasteiger partial charge is 0.363 e. The van der Waals surface area contributed by atoms with E-state index in [9.17, 15) is 0 Å². The molecular weight excluding hydrogens is 1820 g/mol. The summed E-state index contributed by atoms with van der Waals surface area (Å²) in [4.78, 5) is 23.2. The van der Waals surface area contributed by atoms with Crippen molar-refractivity contribution in [1.82, 2.24) is 43.8 Å². The number of pyridine rings is 2. The number of anilines is 1. The van der Waals surface area contributed by atoms with Crippen LogP contribution < -0.4 is 4.90 Å². The molecule has 0 radical (unpaired) electrons. The molecule has 0 aliphatic carbocycles. The highest BCUT2D eigenvalue weighted by Gasteiger charge is 2.21. The van der Waals surface area contributed by atoms with Gasteiger partial charge >= 0.3 is 0 Å². The quantitative estimate of drug-likeness (QED) is 0.0951. The van der Waals surface area contributed by atoms with Gasteiger partial charge in [-0.2, -0.15) is 5.10 Å². The van der Waals surface area contributed by atoms with Crippen LogP contribution in [0, 0.1) is 48.5 Å². The van der Waals surface area contributed by atoms with Crippen molar-refractivity contribution in [2.75, 3.05) is 4.90 Å². The van der Waals surface area contributed by atoms with Crippen molar-refractivity contribution < 1.29 is 0 Å². The lowest BCUT2D eigenvalue weighted by Crippen LogP contribution is -2.14. The first-order valence-electron chi connectivity index (χ1n) is 53.8. The van der Waals surface area contributed by atoms with E-state index >= 15 is 0 Å². The molecule has 10 nitrogen and oxygen atoms in total. The molecule has 764 valence electrons. The number of para-hydroxylation sites is 4. The number of imidazole rings is 1. The van der Waals surface area contributed by atoms with Crippen LogP contribution in [0.4, 0.5) is 5.69 Å². The van der Waals surface area contributed by atoms with E-state index in [0.29, 0.717) is 53.3 Å². The van der Waals surface area contributed by atoms with Crippen LogP contribution in [0.25, 0.3) is 105 Å². The van der Waals surface area contributed by atoms with E-state index in [0.717, 1.165) is 40.9 Å². The van der Waals surface area contributed by atoms with Gasteiger partial charge in [0.25, 0.3) is 0 Å². The zero-order chi connectivity index (χ0) is 107. The number of fused-ring (bicyclic) bond motifs is 6. The van der Waals surface area contributed by atoms with Gasteiger partial charge in [0.1, 0.15) is 12.7 Å². The SMILES string of the molecule is CC(C)c1ccc2ccccc2c1.CC(C)c1cccc2ccccc12.Cc1cc(-c2cccnc2)ccc1C(C)C.Cc1cc(-c2ccncc2)ccc1C(C)C.Cc1cc(-c2cncnc2)ccc1C(C)C.Cc1cc(-n2ccc3ccccc32)ccc1C(C)C.Cc1cc(-n2cnc3ccccc32)ccc1C(C)C.Cc1cc(-n2ncc3ccccc32)ccc1C(C)C.Cc1cc(N2Cc3ccccc3C2)ccc1C(C)C. The summed E-state index contributed by atoms with van der Waals surface area (Å²) in [7, 11) is 0. The fourth-order valence-electron chi connectivity index (χ4n) is 20.4. The lowest BCUT2D eigenvalue weighted by Gasteiger charge is -2.20. The molecule has 6 aromatic heterocycles. The van der Waals surface area contributed by atoms with Gasteiger partial charge in [0.2, 0.25) is 0 Å². The number of aromatic nitrogens is 9. The molecule has 10 heteroatoms. The van der Waals surface area contributed by atoms with Gasteiger partial charge in [-0.25, -0.2) is 19.6 Å². The Morgan fingerprint density at radius 3 is 1.15 bits per heavy atom. The molecule has 0 bridgehead atoms. The lowest BCUT2D eigenvalue weighted by atomic mass is 9.94. The minimum atomic E-state index is 0.559. The van der Waals surface area contributed by atoms with E-state index in [1.807, 2.05) is 84.6 Å². The van der Waals surface area contributed by atoms with Crippen LogP contribution in [-0.2, 0) is 13.1 Å². The molecule has 150 heavy (non-hydrogen) atoms.